The molecule has 118 valence electrons. The molecule has 2 rings (SSSR count). The van der Waals surface area contributed by atoms with Crippen LogP contribution in [0, 0.1) is 0 Å². The second-order valence-corrected chi connectivity index (χ2v) is 5.90. The molecular formula is C17H23N3O2. The van der Waals surface area contributed by atoms with E-state index in [1.165, 1.54) is 5.56 Å². The van der Waals surface area contributed by atoms with Crippen LogP contribution in [0.1, 0.15) is 56.9 Å². The van der Waals surface area contributed by atoms with Crippen molar-refractivity contribution in [3.05, 3.63) is 46.3 Å². The van der Waals surface area contributed by atoms with Crippen LogP contribution in [-0.2, 0) is 9.53 Å². The SMILES string of the molecule is CCOC(=O)CCC1(N=[N+]=[N-])CCC(c2ccccc2)CC1. The molecule has 0 saturated heterocycles. The molecule has 0 amide bonds. The van der Waals surface area contributed by atoms with Crippen LogP contribution in [-0.4, -0.2) is 18.1 Å². The first-order valence-electron chi connectivity index (χ1n) is 7.96. The lowest BCUT2D eigenvalue weighted by atomic mass is 9.72. The number of nitrogens with zero attached hydrogens (tertiary/aromatic N) is 3. The van der Waals surface area contributed by atoms with Crippen molar-refractivity contribution < 1.29 is 9.53 Å². The summed E-state index contributed by atoms with van der Waals surface area (Å²) < 4.78 is 4.97. The molecule has 1 aromatic rings. The maximum absolute atomic E-state index is 11.6. The summed E-state index contributed by atoms with van der Waals surface area (Å²) in [6.07, 6.45) is 4.55. The fourth-order valence-electron chi connectivity index (χ4n) is 3.28. The molecule has 1 aliphatic carbocycles. The number of benzene rings is 1. The number of hydrogen-bond donors (Lipinski definition) is 0. The van der Waals surface area contributed by atoms with Crippen LogP contribution in [0.25, 0.3) is 10.4 Å². The van der Waals surface area contributed by atoms with Crippen molar-refractivity contribution in [1.29, 1.82) is 0 Å². The van der Waals surface area contributed by atoms with Gasteiger partial charge in [-0.15, -0.1) is 0 Å². The minimum atomic E-state index is -0.424. The Morgan fingerprint density at radius 1 is 1.36 bits per heavy atom. The third kappa shape index (κ3) is 4.25. The molecular weight excluding hydrogens is 278 g/mol. The van der Waals surface area contributed by atoms with E-state index in [1.54, 1.807) is 6.92 Å². The molecule has 22 heavy (non-hydrogen) atoms. The van der Waals surface area contributed by atoms with Crippen LogP contribution in [0.4, 0.5) is 0 Å². The lowest BCUT2D eigenvalue weighted by Crippen LogP contribution is -2.32. The second-order valence-electron chi connectivity index (χ2n) is 5.90. The van der Waals surface area contributed by atoms with Crippen LogP contribution in [0.5, 0.6) is 0 Å². The van der Waals surface area contributed by atoms with Crippen molar-refractivity contribution in [3.63, 3.8) is 0 Å². The van der Waals surface area contributed by atoms with Gasteiger partial charge in [0.05, 0.1) is 6.61 Å². The van der Waals surface area contributed by atoms with Crippen LogP contribution in [0.15, 0.2) is 35.4 Å². The number of carbonyl (C=O) groups is 1. The second kappa shape index (κ2) is 7.85. The smallest absolute Gasteiger partial charge is 0.305 e. The van der Waals surface area contributed by atoms with Gasteiger partial charge in [-0.05, 0) is 56.0 Å². The van der Waals surface area contributed by atoms with E-state index in [0.717, 1.165) is 25.7 Å². The molecule has 0 radical (unpaired) electrons. The van der Waals surface area contributed by atoms with E-state index in [9.17, 15) is 4.79 Å². The molecule has 5 nitrogen and oxygen atoms in total. The van der Waals surface area contributed by atoms with Gasteiger partial charge < -0.3 is 4.74 Å². The highest BCUT2D eigenvalue weighted by Crippen LogP contribution is 2.42. The maximum atomic E-state index is 11.6. The molecule has 1 aromatic carbocycles. The monoisotopic (exact) mass is 301 g/mol. The van der Waals surface area contributed by atoms with Gasteiger partial charge >= 0.3 is 5.97 Å². The highest BCUT2D eigenvalue weighted by atomic mass is 16.5. The summed E-state index contributed by atoms with van der Waals surface area (Å²) in [5.74, 6) is 0.311. The van der Waals surface area contributed by atoms with Crippen LogP contribution in [0.3, 0.4) is 0 Å². The molecule has 0 N–H and O–H groups in total. The number of esters is 1. The third-order valence-corrected chi connectivity index (χ3v) is 4.54. The summed E-state index contributed by atoms with van der Waals surface area (Å²) in [7, 11) is 0. The Balaban J connectivity index is 1.97. The molecule has 0 atom stereocenters. The molecule has 0 bridgehead atoms. The van der Waals surface area contributed by atoms with Gasteiger partial charge in [0.25, 0.3) is 0 Å². The Labute approximate surface area is 131 Å². The minimum Gasteiger partial charge on any atom is -0.466 e. The summed E-state index contributed by atoms with van der Waals surface area (Å²) in [6.45, 7) is 2.19. The highest BCUT2D eigenvalue weighted by molar-refractivity contribution is 5.69. The number of ether oxygens (including phenoxy) is 1. The molecule has 0 aromatic heterocycles. The van der Waals surface area contributed by atoms with E-state index in [4.69, 9.17) is 10.3 Å². The molecule has 0 unspecified atom stereocenters. The van der Waals surface area contributed by atoms with E-state index in [-0.39, 0.29) is 5.97 Å². The van der Waals surface area contributed by atoms with Crippen LogP contribution < -0.4 is 0 Å². The number of rotatable bonds is 6. The quantitative estimate of drug-likeness (QED) is 0.329. The Hall–Kier alpha value is -2.00. The molecule has 5 heteroatoms. The zero-order valence-electron chi connectivity index (χ0n) is 13.1. The van der Waals surface area contributed by atoms with Gasteiger partial charge in [-0.25, -0.2) is 0 Å². The highest BCUT2D eigenvalue weighted by Gasteiger charge is 2.35. The molecule has 1 fully saturated rings. The standard InChI is InChI=1S/C17H23N3O2/c1-2-22-16(21)10-13-17(19-20-18)11-8-15(9-12-17)14-6-4-3-5-7-14/h3-7,15H,2,8-13H2,1H3. The maximum Gasteiger partial charge on any atom is 0.305 e. The van der Waals surface area contributed by atoms with Gasteiger partial charge in [0, 0.05) is 16.9 Å². The molecule has 1 aliphatic rings. The predicted octanol–water partition coefficient (Wildman–Crippen LogP) is 4.74. The summed E-state index contributed by atoms with van der Waals surface area (Å²) in [5, 5.41) is 4.05. The van der Waals surface area contributed by atoms with Crippen molar-refractivity contribution in [1.82, 2.24) is 0 Å². The fraction of sp³-hybridized carbons (Fsp3) is 0.588. The van der Waals surface area contributed by atoms with E-state index < -0.39 is 5.54 Å². The number of hydrogen-bond acceptors (Lipinski definition) is 3. The largest absolute Gasteiger partial charge is 0.466 e. The van der Waals surface area contributed by atoms with Crippen LogP contribution in [0.2, 0.25) is 0 Å². The average Bonchev–Trinajstić information content (AvgIpc) is 2.55. The average molecular weight is 301 g/mol. The zero-order valence-corrected chi connectivity index (χ0v) is 13.1. The Bertz CT molecular complexity index is 530. The van der Waals surface area contributed by atoms with Crippen molar-refractivity contribution in [2.45, 2.75) is 56.9 Å². The van der Waals surface area contributed by atoms with Crippen molar-refractivity contribution in [2.75, 3.05) is 6.61 Å². The first-order chi connectivity index (χ1) is 10.7. The number of carbonyl (C=O) groups excluding carboxylic acids is 1. The molecule has 0 aliphatic heterocycles. The van der Waals surface area contributed by atoms with Crippen molar-refractivity contribution >= 4 is 5.97 Å². The van der Waals surface area contributed by atoms with Crippen molar-refractivity contribution in [2.24, 2.45) is 5.11 Å². The Morgan fingerprint density at radius 2 is 2.05 bits per heavy atom. The lowest BCUT2D eigenvalue weighted by Gasteiger charge is -2.36. The van der Waals surface area contributed by atoms with Gasteiger partial charge in [0.2, 0.25) is 0 Å². The van der Waals surface area contributed by atoms with E-state index in [1.807, 2.05) is 6.07 Å². The summed E-state index contributed by atoms with van der Waals surface area (Å²) in [4.78, 5) is 14.6. The van der Waals surface area contributed by atoms with Gasteiger partial charge in [-0.1, -0.05) is 35.4 Å². The summed E-state index contributed by atoms with van der Waals surface area (Å²) in [6, 6.07) is 10.5. The normalized spacial score (nSPS) is 24.3. The van der Waals surface area contributed by atoms with E-state index in [0.29, 0.717) is 25.4 Å². The molecule has 1 saturated carbocycles. The molecule has 0 spiro atoms. The fourth-order valence-corrected chi connectivity index (χ4v) is 3.28. The van der Waals surface area contributed by atoms with Crippen molar-refractivity contribution in [3.8, 4) is 0 Å². The first kappa shape index (κ1) is 16.4. The van der Waals surface area contributed by atoms with Crippen LogP contribution >= 0.6 is 0 Å². The topological polar surface area (TPSA) is 75.1 Å². The Kier molecular flexibility index (Phi) is 5.84. The molecule has 0 heterocycles. The summed E-state index contributed by atoms with van der Waals surface area (Å²) in [5.41, 5.74) is 9.80. The third-order valence-electron chi connectivity index (χ3n) is 4.54. The van der Waals surface area contributed by atoms with E-state index in [2.05, 4.69) is 34.3 Å². The predicted molar refractivity (Wildman–Crippen MR) is 85.4 cm³/mol. The van der Waals surface area contributed by atoms with Gasteiger partial charge in [-0.3, -0.25) is 4.79 Å². The Morgan fingerprint density at radius 3 is 2.64 bits per heavy atom. The number of azide groups is 1. The zero-order chi connectivity index (χ0) is 15.8. The van der Waals surface area contributed by atoms with E-state index >= 15 is 0 Å². The first-order valence-corrected chi connectivity index (χ1v) is 7.96. The minimum absolute atomic E-state index is 0.208. The lowest BCUT2D eigenvalue weighted by molar-refractivity contribution is -0.143. The van der Waals surface area contributed by atoms with Gasteiger partial charge in [0.15, 0.2) is 0 Å². The van der Waals surface area contributed by atoms with Gasteiger partial charge in [0.1, 0.15) is 0 Å². The summed E-state index contributed by atoms with van der Waals surface area (Å²) >= 11 is 0. The van der Waals surface area contributed by atoms with Gasteiger partial charge in [-0.2, -0.15) is 0 Å².